The molecule has 1 heterocycles. The smallest absolute Gasteiger partial charge is 0.0320 e. The molecule has 0 aliphatic carbocycles. The van der Waals surface area contributed by atoms with Gasteiger partial charge in [0.2, 0.25) is 0 Å². The van der Waals surface area contributed by atoms with Crippen LogP contribution in [0.15, 0.2) is 23.9 Å². The fourth-order valence-electron chi connectivity index (χ4n) is 1.48. The summed E-state index contributed by atoms with van der Waals surface area (Å²) in [4.78, 5) is 2.41. The average Bonchev–Trinajstić information content (AvgIpc) is 2.15. The maximum absolute atomic E-state index is 3.34. The highest BCUT2D eigenvalue weighted by Gasteiger charge is 2.09. The number of hydrogen-bond donors (Lipinski definition) is 1. The molecule has 68 valence electrons. The van der Waals surface area contributed by atoms with E-state index in [1.165, 1.54) is 5.70 Å². The number of nitrogens with zero attached hydrogens (tertiary/aromatic N) is 1. The molecule has 1 aliphatic rings. The van der Waals surface area contributed by atoms with E-state index in [1.54, 1.807) is 0 Å². The van der Waals surface area contributed by atoms with E-state index in [2.05, 4.69) is 42.3 Å². The highest BCUT2D eigenvalue weighted by Crippen LogP contribution is 2.06. The molecule has 0 radical (unpaired) electrons. The molecule has 0 bridgehead atoms. The van der Waals surface area contributed by atoms with Crippen LogP contribution in [-0.4, -0.2) is 31.1 Å². The van der Waals surface area contributed by atoms with Crippen LogP contribution in [0, 0.1) is 0 Å². The van der Waals surface area contributed by atoms with E-state index in [0.29, 0.717) is 0 Å². The number of rotatable bonds is 2. The summed E-state index contributed by atoms with van der Waals surface area (Å²) in [5.41, 5.74) is 1.35. The molecule has 12 heavy (non-hydrogen) atoms. The van der Waals surface area contributed by atoms with Gasteiger partial charge in [0.05, 0.1) is 0 Å². The molecule has 0 aromatic carbocycles. The Kier molecular flexibility index (Phi) is 3.88. The Labute approximate surface area is 74.9 Å². The highest BCUT2D eigenvalue weighted by molar-refractivity contribution is 5.16. The van der Waals surface area contributed by atoms with Crippen molar-refractivity contribution in [2.75, 3.05) is 26.2 Å². The van der Waals surface area contributed by atoms with E-state index in [4.69, 9.17) is 0 Å². The summed E-state index contributed by atoms with van der Waals surface area (Å²) in [6, 6.07) is 0. The van der Waals surface area contributed by atoms with Gasteiger partial charge in [0, 0.05) is 31.9 Å². The van der Waals surface area contributed by atoms with Gasteiger partial charge in [-0.25, -0.2) is 0 Å². The van der Waals surface area contributed by atoms with Gasteiger partial charge in [-0.3, -0.25) is 0 Å². The maximum atomic E-state index is 3.34. The highest BCUT2D eigenvalue weighted by atomic mass is 15.2. The van der Waals surface area contributed by atoms with Crippen LogP contribution in [0.2, 0.25) is 0 Å². The summed E-state index contributed by atoms with van der Waals surface area (Å²) in [7, 11) is 0. The van der Waals surface area contributed by atoms with Gasteiger partial charge in [0.15, 0.2) is 0 Å². The fraction of sp³-hybridized carbons (Fsp3) is 0.600. The largest absolute Gasteiger partial charge is 0.369 e. The van der Waals surface area contributed by atoms with Gasteiger partial charge in [-0.1, -0.05) is 12.2 Å². The Morgan fingerprint density at radius 3 is 2.42 bits per heavy atom. The zero-order valence-electron chi connectivity index (χ0n) is 8.01. The summed E-state index contributed by atoms with van der Waals surface area (Å²) in [6.45, 7) is 8.63. The van der Waals surface area contributed by atoms with E-state index in [0.717, 1.165) is 26.2 Å². The van der Waals surface area contributed by atoms with E-state index < -0.39 is 0 Å². The monoisotopic (exact) mass is 166 g/mol. The molecule has 1 aliphatic heterocycles. The van der Waals surface area contributed by atoms with Crippen LogP contribution in [0.4, 0.5) is 0 Å². The lowest BCUT2D eigenvalue weighted by Crippen LogP contribution is -2.42. The third-order valence-electron chi connectivity index (χ3n) is 2.12. The summed E-state index contributed by atoms with van der Waals surface area (Å²) in [5, 5.41) is 3.34. The Morgan fingerprint density at radius 1 is 1.25 bits per heavy atom. The summed E-state index contributed by atoms with van der Waals surface area (Å²) in [6.07, 6.45) is 6.44. The van der Waals surface area contributed by atoms with Crippen LogP contribution in [0.1, 0.15) is 13.8 Å². The average molecular weight is 166 g/mol. The summed E-state index contributed by atoms with van der Waals surface area (Å²) < 4.78 is 0. The Balaban J connectivity index is 2.52. The number of allylic oxidation sites excluding steroid dienone is 3. The van der Waals surface area contributed by atoms with Crippen molar-refractivity contribution in [3.05, 3.63) is 23.9 Å². The van der Waals surface area contributed by atoms with Gasteiger partial charge >= 0.3 is 0 Å². The second kappa shape index (κ2) is 4.99. The fourth-order valence-corrected chi connectivity index (χ4v) is 1.48. The summed E-state index contributed by atoms with van der Waals surface area (Å²) >= 11 is 0. The minimum atomic E-state index is 1.11. The van der Waals surface area contributed by atoms with Gasteiger partial charge in [-0.05, 0) is 19.9 Å². The third-order valence-corrected chi connectivity index (χ3v) is 2.12. The molecule has 1 rings (SSSR count). The molecule has 0 aromatic rings. The molecule has 2 nitrogen and oxygen atoms in total. The lowest BCUT2D eigenvalue weighted by atomic mass is 10.2. The Morgan fingerprint density at radius 2 is 1.92 bits per heavy atom. The number of nitrogens with one attached hydrogen (secondary N) is 1. The zero-order valence-corrected chi connectivity index (χ0v) is 8.01. The predicted molar refractivity (Wildman–Crippen MR) is 53.0 cm³/mol. The lowest BCUT2D eigenvalue weighted by molar-refractivity contribution is 0.307. The Hall–Kier alpha value is -0.760. The topological polar surface area (TPSA) is 15.3 Å². The van der Waals surface area contributed by atoms with Gasteiger partial charge in [0.1, 0.15) is 0 Å². The first-order valence-corrected chi connectivity index (χ1v) is 4.63. The minimum absolute atomic E-state index is 1.11. The molecule has 1 saturated heterocycles. The van der Waals surface area contributed by atoms with E-state index in [1.807, 2.05) is 0 Å². The Bertz CT molecular complexity index is 176. The maximum Gasteiger partial charge on any atom is 0.0320 e. The van der Waals surface area contributed by atoms with Crippen molar-refractivity contribution in [2.24, 2.45) is 0 Å². The molecular formula is C10H18N2. The molecule has 0 aromatic heterocycles. The standard InChI is InChI=1S/C10H18N2/c1-3-5-10(4-2)12-8-6-11-7-9-12/h3-5,11H,6-9H2,1-2H3. The first kappa shape index (κ1) is 9.33. The van der Waals surface area contributed by atoms with Crippen molar-refractivity contribution < 1.29 is 0 Å². The molecule has 0 amide bonds. The number of hydrogen-bond acceptors (Lipinski definition) is 2. The van der Waals surface area contributed by atoms with Crippen LogP contribution in [0.25, 0.3) is 0 Å². The predicted octanol–water partition coefficient (Wildman–Crippen LogP) is 1.37. The van der Waals surface area contributed by atoms with Gasteiger partial charge < -0.3 is 10.2 Å². The molecule has 0 unspecified atom stereocenters. The van der Waals surface area contributed by atoms with Crippen molar-refractivity contribution in [2.45, 2.75) is 13.8 Å². The van der Waals surface area contributed by atoms with Crippen molar-refractivity contribution >= 4 is 0 Å². The van der Waals surface area contributed by atoms with Crippen LogP contribution in [0.5, 0.6) is 0 Å². The first-order valence-electron chi connectivity index (χ1n) is 4.63. The van der Waals surface area contributed by atoms with Crippen LogP contribution >= 0.6 is 0 Å². The molecule has 0 atom stereocenters. The van der Waals surface area contributed by atoms with Gasteiger partial charge in [-0.2, -0.15) is 0 Å². The first-order chi connectivity index (χ1) is 5.88. The van der Waals surface area contributed by atoms with E-state index >= 15 is 0 Å². The summed E-state index contributed by atoms with van der Waals surface area (Å²) in [5.74, 6) is 0. The lowest BCUT2D eigenvalue weighted by Gasteiger charge is -2.30. The van der Waals surface area contributed by atoms with Crippen LogP contribution in [-0.2, 0) is 0 Å². The SMILES string of the molecule is CC=CC(=CC)N1CCNCC1. The van der Waals surface area contributed by atoms with Gasteiger partial charge in [-0.15, -0.1) is 0 Å². The third kappa shape index (κ3) is 2.38. The van der Waals surface area contributed by atoms with Crippen molar-refractivity contribution in [1.29, 1.82) is 0 Å². The van der Waals surface area contributed by atoms with Crippen molar-refractivity contribution in [1.82, 2.24) is 10.2 Å². The molecule has 1 N–H and O–H groups in total. The van der Waals surface area contributed by atoms with Crippen molar-refractivity contribution in [3.63, 3.8) is 0 Å². The second-order valence-electron chi connectivity index (χ2n) is 2.95. The quantitative estimate of drug-likeness (QED) is 0.623. The van der Waals surface area contributed by atoms with Gasteiger partial charge in [0.25, 0.3) is 0 Å². The van der Waals surface area contributed by atoms with E-state index in [-0.39, 0.29) is 0 Å². The van der Waals surface area contributed by atoms with Crippen LogP contribution < -0.4 is 5.32 Å². The van der Waals surface area contributed by atoms with Crippen molar-refractivity contribution in [3.8, 4) is 0 Å². The zero-order chi connectivity index (χ0) is 8.81. The van der Waals surface area contributed by atoms with E-state index in [9.17, 15) is 0 Å². The normalized spacial score (nSPS) is 20.5. The van der Waals surface area contributed by atoms with Crippen LogP contribution in [0.3, 0.4) is 0 Å². The minimum Gasteiger partial charge on any atom is -0.369 e. The second-order valence-corrected chi connectivity index (χ2v) is 2.95. The molecule has 0 saturated carbocycles. The number of piperazine rings is 1. The molecular weight excluding hydrogens is 148 g/mol. The molecule has 2 heteroatoms. The molecule has 0 spiro atoms. The molecule has 1 fully saturated rings.